The fourth-order valence-corrected chi connectivity index (χ4v) is 13.5. The summed E-state index contributed by atoms with van der Waals surface area (Å²) in [5.41, 5.74) is 16.4. The predicted molar refractivity (Wildman–Crippen MR) is 302 cm³/mol. The first-order valence-electron chi connectivity index (χ1n) is 27.6. The van der Waals surface area contributed by atoms with Crippen LogP contribution in [0.5, 0.6) is 0 Å². The SMILES string of the molecule is COCOC12CCC(C)(CC1)c1ccc(cc1)-c1ccc(cc1)C1(C)CCC(C)(CC1)c1ccc(cc1)-c1ccc(cc1)-c1ccc(cc1)C1(OCOC)CCC(OCOC)(CC1)c1ccc(cc1)-c1ccc2cc1. The van der Waals surface area contributed by atoms with Crippen LogP contribution in [0.2, 0.25) is 0 Å². The van der Waals surface area contributed by atoms with Crippen LogP contribution in [0.3, 0.4) is 0 Å². The first-order chi connectivity index (χ1) is 36.4. The normalized spacial score (nSPS) is 27.2. The van der Waals surface area contributed by atoms with Crippen LogP contribution in [-0.2, 0) is 61.5 Å². The highest BCUT2D eigenvalue weighted by Crippen LogP contribution is 2.53. The Kier molecular flexibility index (Phi) is 14.4. The monoisotopic (exact) mass is 1000 g/mol. The van der Waals surface area contributed by atoms with E-state index in [1.165, 1.54) is 86.9 Å². The summed E-state index contributed by atoms with van der Waals surface area (Å²) < 4.78 is 36.8. The van der Waals surface area contributed by atoms with Gasteiger partial charge in [-0.05, 0) is 171 Å². The second kappa shape index (κ2) is 21.0. The van der Waals surface area contributed by atoms with Gasteiger partial charge in [-0.25, -0.2) is 0 Å². The van der Waals surface area contributed by atoms with Crippen molar-refractivity contribution in [1.29, 1.82) is 0 Å². The third-order valence-corrected chi connectivity index (χ3v) is 19.0. The maximum Gasteiger partial charge on any atom is 0.147 e. The van der Waals surface area contributed by atoms with Gasteiger partial charge in [-0.15, -0.1) is 0 Å². The molecule has 19 aliphatic rings. The quantitative estimate of drug-likeness (QED) is 0.134. The molecule has 0 N–H and O–H groups in total. The summed E-state index contributed by atoms with van der Waals surface area (Å²) in [6, 6.07) is 64.4. The smallest absolute Gasteiger partial charge is 0.147 e. The predicted octanol–water partition coefficient (Wildman–Crippen LogP) is 16.7. The van der Waals surface area contributed by atoms with Crippen LogP contribution in [0, 0.1) is 0 Å². The first-order valence-corrected chi connectivity index (χ1v) is 27.6. The molecular formula is C69H76O6. The van der Waals surface area contributed by atoms with Crippen molar-refractivity contribution in [2.75, 3.05) is 41.7 Å². The van der Waals surface area contributed by atoms with Crippen LogP contribution in [0.4, 0.5) is 0 Å². The van der Waals surface area contributed by atoms with Crippen molar-refractivity contribution in [2.24, 2.45) is 0 Å². The van der Waals surface area contributed by atoms with E-state index in [1.54, 1.807) is 21.3 Å². The van der Waals surface area contributed by atoms with Gasteiger partial charge >= 0.3 is 0 Å². The molecule has 6 heteroatoms. The van der Waals surface area contributed by atoms with Gasteiger partial charge < -0.3 is 28.4 Å². The molecule has 7 aromatic carbocycles. The van der Waals surface area contributed by atoms with Crippen molar-refractivity contribution < 1.29 is 28.4 Å². The number of hydrogen-bond acceptors (Lipinski definition) is 6. The maximum atomic E-state index is 6.71. The summed E-state index contributed by atoms with van der Waals surface area (Å²) >= 11 is 0. The zero-order valence-electron chi connectivity index (χ0n) is 45.2. The minimum Gasteiger partial charge on any atom is -0.359 e. The zero-order valence-corrected chi connectivity index (χ0v) is 45.2. The number of ether oxygens (including phenoxy) is 6. The Bertz CT molecular complexity index is 2990. The molecule has 7 aromatic rings. The summed E-state index contributed by atoms with van der Waals surface area (Å²) in [6.07, 6.45) is 11.6. The molecule has 0 radical (unpaired) electrons. The summed E-state index contributed by atoms with van der Waals surface area (Å²) in [7, 11) is 5.11. The maximum absolute atomic E-state index is 6.71. The van der Waals surface area contributed by atoms with Crippen molar-refractivity contribution in [3.05, 3.63) is 203 Å². The Morgan fingerprint density at radius 3 is 0.600 bits per heavy atom. The molecule has 0 saturated heterocycles. The number of hydrogen-bond donors (Lipinski definition) is 0. The average molecular weight is 1000 g/mol. The molecule has 6 nitrogen and oxygen atoms in total. The van der Waals surface area contributed by atoms with Gasteiger partial charge in [-0.3, -0.25) is 0 Å². The van der Waals surface area contributed by atoms with Crippen molar-refractivity contribution in [3.8, 4) is 44.5 Å². The molecule has 388 valence electrons. The fourth-order valence-electron chi connectivity index (χ4n) is 13.5. The minimum atomic E-state index is -0.529. The van der Waals surface area contributed by atoms with Gasteiger partial charge in [0, 0.05) is 21.3 Å². The highest BCUT2D eigenvalue weighted by atomic mass is 16.7. The molecular weight excluding hydrogens is 925 g/mol. The molecule has 0 aromatic heterocycles. The Labute approximate surface area is 446 Å². The Morgan fingerprint density at radius 1 is 0.240 bits per heavy atom. The highest BCUT2D eigenvalue weighted by molar-refractivity contribution is 5.71. The Morgan fingerprint density at radius 2 is 0.400 bits per heavy atom. The molecule has 3 fully saturated rings. The van der Waals surface area contributed by atoms with E-state index in [0.717, 1.165) is 68.1 Å². The van der Waals surface area contributed by atoms with Gasteiger partial charge in [0.05, 0.1) is 16.8 Å². The Balaban J connectivity index is 0.904. The molecule has 0 spiro atoms. The van der Waals surface area contributed by atoms with Gasteiger partial charge in [-0.2, -0.15) is 0 Å². The van der Waals surface area contributed by atoms with E-state index in [-0.39, 0.29) is 36.6 Å². The number of rotatable bonds is 9. The minimum absolute atomic E-state index is 0.0439. The van der Waals surface area contributed by atoms with Gasteiger partial charge in [0.2, 0.25) is 0 Å². The van der Waals surface area contributed by atoms with E-state index in [9.17, 15) is 0 Å². The van der Waals surface area contributed by atoms with E-state index >= 15 is 0 Å². The molecule has 0 atom stereocenters. The molecule has 75 heavy (non-hydrogen) atoms. The van der Waals surface area contributed by atoms with E-state index in [2.05, 4.69) is 191 Å². The molecule has 19 aliphatic carbocycles. The third-order valence-electron chi connectivity index (χ3n) is 19.0. The molecule has 0 aliphatic heterocycles. The summed E-state index contributed by atoms with van der Waals surface area (Å²) in [5, 5.41) is 0. The van der Waals surface area contributed by atoms with Crippen molar-refractivity contribution in [3.63, 3.8) is 0 Å². The Hall–Kier alpha value is -5.70. The standard InChI is InChI=1S/C69H76O6/c1-64-35-37-65(2,38-36-64)59-25-13-53(14-26-59)54-15-27-60(28-16-54)66(3)39-41-67(42-40-66,73-47-70-4)61-29-19-56(20-30-61)57-21-33-63(34-22-57)69(75-49-72-6)45-43-68(44-46-69,74-48-71-5)62-31-17-55(18-32-62)51-9-7-50(8-10-51)52-11-23-58(64)24-12-52/h7-34H,35-49H2,1-6H3. The lowest BCUT2D eigenvalue weighted by Crippen LogP contribution is -2.43. The second-order valence-corrected chi connectivity index (χ2v) is 23.4. The number of methoxy groups -OCH3 is 3. The molecule has 0 unspecified atom stereocenters. The van der Waals surface area contributed by atoms with Crippen LogP contribution in [0.1, 0.15) is 131 Å². The van der Waals surface area contributed by atoms with Crippen molar-refractivity contribution in [1.82, 2.24) is 0 Å². The van der Waals surface area contributed by atoms with E-state index in [1.807, 2.05) is 0 Å². The molecule has 26 rings (SSSR count). The van der Waals surface area contributed by atoms with Crippen LogP contribution in [-0.4, -0.2) is 41.7 Å². The molecule has 3 saturated carbocycles. The molecule has 0 heterocycles. The van der Waals surface area contributed by atoms with Crippen LogP contribution >= 0.6 is 0 Å². The van der Waals surface area contributed by atoms with Gasteiger partial charge in [-0.1, -0.05) is 191 Å². The van der Waals surface area contributed by atoms with E-state index < -0.39 is 16.8 Å². The highest BCUT2D eigenvalue weighted by Gasteiger charge is 2.47. The van der Waals surface area contributed by atoms with E-state index in [0.29, 0.717) is 0 Å². The summed E-state index contributed by atoms with van der Waals surface area (Å²) in [5.74, 6) is 0. The summed E-state index contributed by atoms with van der Waals surface area (Å²) in [6.45, 7) is 8.08. The van der Waals surface area contributed by atoms with Crippen LogP contribution < -0.4 is 0 Å². The first kappa shape index (κ1) is 51.4. The van der Waals surface area contributed by atoms with E-state index in [4.69, 9.17) is 28.4 Å². The van der Waals surface area contributed by atoms with Crippen LogP contribution in [0.15, 0.2) is 170 Å². The lowest BCUT2D eigenvalue weighted by molar-refractivity contribution is -0.203. The van der Waals surface area contributed by atoms with Gasteiger partial charge in [0.15, 0.2) is 0 Å². The third kappa shape index (κ3) is 10.00. The fraction of sp³-hybridized carbons (Fsp3) is 0.391. The molecule has 0 amide bonds. The largest absolute Gasteiger partial charge is 0.359 e. The van der Waals surface area contributed by atoms with Gasteiger partial charge in [0.25, 0.3) is 0 Å². The lowest BCUT2D eigenvalue weighted by Gasteiger charge is -2.46. The van der Waals surface area contributed by atoms with Gasteiger partial charge in [0.1, 0.15) is 20.4 Å². The molecule has 20 bridgehead atoms. The summed E-state index contributed by atoms with van der Waals surface area (Å²) in [4.78, 5) is 0. The topological polar surface area (TPSA) is 55.4 Å². The lowest BCUT2D eigenvalue weighted by atomic mass is 9.60. The second-order valence-electron chi connectivity index (χ2n) is 23.4. The zero-order chi connectivity index (χ0) is 51.7. The van der Waals surface area contributed by atoms with Crippen LogP contribution in [0.25, 0.3) is 44.5 Å². The number of benzene rings is 7. The average Bonchev–Trinajstić information content (AvgIpc) is 3.48. The van der Waals surface area contributed by atoms with Crippen molar-refractivity contribution >= 4 is 0 Å². The van der Waals surface area contributed by atoms with Crippen molar-refractivity contribution in [2.45, 2.75) is 131 Å².